The highest BCUT2D eigenvalue weighted by Crippen LogP contribution is 2.36. The highest BCUT2D eigenvalue weighted by atomic mass is 35.5. The van der Waals surface area contributed by atoms with E-state index in [-0.39, 0.29) is 5.91 Å². The van der Waals surface area contributed by atoms with Gasteiger partial charge >= 0.3 is 0 Å². The second-order valence-corrected chi connectivity index (χ2v) is 5.66. The molecule has 0 heterocycles. The van der Waals surface area contributed by atoms with E-state index in [2.05, 4.69) is 5.32 Å². The van der Waals surface area contributed by atoms with Gasteiger partial charge in [0.05, 0.1) is 24.9 Å². The van der Waals surface area contributed by atoms with Gasteiger partial charge in [-0.05, 0) is 26.0 Å². The Labute approximate surface area is 146 Å². The summed E-state index contributed by atoms with van der Waals surface area (Å²) in [7, 11) is 3.00. The van der Waals surface area contributed by atoms with E-state index in [9.17, 15) is 4.79 Å². The zero-order valence-corrected chi connectivity index (χ0v) is 14.8. The number of hydrogen-bond donors (Lipinski definition) is 1. The topological polar surface area (TPSA) is 56.8 Å². The summed E-state index contributed by atoms with van der Waals surface area (Å²) in [5, 5.41) is 3.17. The molecular formula is C18H20ClNO4. The van der Waals surface area contributed by atoms with E-state index in [1.54, 1.807) is 19.1 Å². The predicted molar refractivity (Wildman–Crippen MR) is 94.5 cm³/mol. The largest absolute Gasteiger partial charge is 0.495 e. The Morgan fingerprint density at radius 3 is 2.29 bits per heavy atom. The summed E-state index contributed by atoms with van der Waals surface area (Å²) < 4.78 is 16.1. The van der Waals surface area contributed by atoms with Gasteiger partial charge in [0, 0.05) is 12.1 Å². The maximum atomic E-state index is 12.4. The van der Waals surface area contributed by atoms with Crippen molar-refractivity contribution in [1.29, 1.82) is 0 Å². The molecule has 128 valence electrons. The van der Waals surface area contributed by atoms with Crippen molar-refractivity contribution in [3.8, 4) is 17.2 Å². The van der Waals surface area contributed by atoms with Crippen LogP contribution in [0.2, 0.25) is 5.02 Å². The van der Waals surface area contributed by atoms with E-state index < -0.39 is 6.10 Å². The number of carbonyl (C=O) groups excluding carboxylic acids is 1. The predicted octanol–water partition coefficient (Wildman–Crippen LogP) is 4.07. The van der Waals surface area contributed by atoms with Crippen LogP contribution in [0.25, 0.3) is 0 Å². The zero-order chi connectivity index (χ0) is 17.7. The minimum Gasteiger partial charge on any atom is -0.495 e. The van der Waals surface area contributed by atoms with Crippen LogP contribution in [0, 0.1) is 6.92 Å². The fourth-order valence-electron chi connectivity index (χ4n) is 2.07. The number of benzene rings is 2. The molecule has 0 aliphatic heterocycles. The average molecular weight is 350 g/mol. The molecule has 0 bridgehead atoms. The van der Waals surface area contributed by atoms with Crippen molar-refractivity contribution < 1.29 is 19.0 Å². The third kappa shape index (κ3) is 4.32. The van der Waals surface area contributed by atoms with Crippen molar-refractivity contribution in [3.63, 3.8) is 0 Å². The lowest BCUT2D eigenvalue weighted by atomic mass is 10.2. The average Bonchev–Trinajstić information content (AvgIpc) is 2.57. The molecule has 5 nitrogen and oxygen atoms in total. The van der Waals surface area contributed by atoms with E-state index in [4.69, 9.17) is 25.8 Å². The van der Waals surface area contributed by atoms with Crippen LogP contribution in [-0.2, 0) is 4.79 Å². The Morgan fingerprint density at radius 1 is 1.08 bits per heavy atom. The maximum Gasteiger partial charge on any atom is 0.265 e. The van der Waals surface area contributed by atoms with Gasteiger partial charge in [-0.25, -0.2) is 0 Å². The molecule has 0 fully saturated rings. The number of amides is 1. The first-order valence-electron chi connectivity index (χ1n) is 7.40. The normalized spacial score (nSPS) is 11.5. The lowest BCUT2D eigenvalue weighted by Crippen LogP contribution is -2.30. The molecule has 0 aliphatic rings. The first-order chi connectivity index (χ1) is 11.4. The van der Waals surface area contributed by atoms with Crippen LogP contribution in [0.1, 0.15) is 12.5 Å². The number of ether oxygens (including phenoxy) is 3. The van der Waals surface area contributed by atoms with Crippen LogP contribution in [0.15, 0.2) is 36.4 Å². The van der Waals surface area contributed by atoms with Crippen molar-refractivity contribution in [2.45, 2.75) is 20.0 Å². The highest BCUT2D eigenvalue weighted by Gasteiger charge is 2.18. The van der Waals surface area contributed by atoms with Gasteiger partial charge in [0.25, 0.3) is 5.91 Å². The van der Waals surface area contributed by atoms with Crippen LogP contribution >= 0.6 is 11.6 Å². The molecule has 24 heavy (non-hydrogen) atoms. The number of anilines is 1. The third-order valence-corrected chi connectivity index (χ3v) is 3.73. The van der Waals surface area contributed by atoms with E-state index in [0.717, 1.165) is 5.56 Å². The summed E-state index contributed by atoms with van der Waals surface area (Å²) in [6.45, 7) is 3.66. The fraction of sp³-hybridized carbons (Fsp3) is 0.278. The summed E-state index contributed by atoms with van der Waals surface area (Å²) in [4.78, 5) is 12.4. The van der Waals surface area contributed by atoms with Crippen molar-refractivity contribution in [2.75, 3.05) is 19.5 Å². The van der Waals surface area contributed by atoms with Crippen molar-refractivity contribution in [2.24, 2.45) is 0 Å². The van der Waals surface area contributed by atoms with Crippen molar-refractivity contribution in [1.82, 2.24) is 0 Å². The fourth-order valence-corrected chi connectivity index (χ4v) is 2.30. The van der Waals surface area contributed by atoms with Gasteiger partial charge in [0.15, 0.2) is 6.10 Å². The van der Waals surface area contributed by atoms with Gasteiger partial charge in [-0.1, -0.05) is 29.3 Å². The quantitative estimate of drug-likeness (QED) is 0.854. The summed E-state index contributed by atoms with van der Waals surface area (Å²) in [6, 6.07) is 10.7. The van der Waals surface area contributed by atoms with Gasteiger partial charge in [-0.2, -0.15) is 0 Å². The Kier molecular flexibility index (Phi) is 5.93. The molecule has 0 saturated carbocycles. The summed E-state index contributed by atoms with van der Waals surface area (Å²) in [5.41, 5.74) is 1.58. The standard InChI is InChI=1S/C18H20ClNO4/c1-11-5-7-13(8-6-11)24-12(2)18(21)20-15-10-16(22-3)14(19)9-17(15)23-4/h5-10,12H,1-4H3,(H,20,21)/t12-/m0/s1. The highest BCUT2D eigenvalue weighted by molar-refractivity contribution is 6.32. The number of hydrogen-bond acceptors (Lipinski definition) is 4. The molecule has 1 N–H and O–H groups in total. The minimum absolute atomic E-state index is 0.307. The van der Waals surface area contributed by atoms with Crippen LogP contribution in [0.3, 0.4) is 0 Å². The van der Waals surface area contributed by atoms with Crippen LogP contribution in [-0.4, -0.2) is 26.2 Å². The van der Waals surface area contributed by atoms with Gasteiger partial charge in [-0.3, -0.25) is 4.79 Å². The van der Waals surface area contributed by atoms with Gasteiger partial charge in [-0.15, -0.1) is 0 Å². The number of rotatable bonds is 6. The van der Waals surface area contributed by atoms with Crippen LogP contribution in [0.5, 0.6) is 17.2 Å². The molecule has 6 heteroatoms. The molecule has 2 aromatic rings. The number of halogens is 1. The van der Waals surface area contributed by atoms with Crippen LogP contribution in [0.4, 0.5) is 5.69 Å². The molecule has 0 saturated heterocycles. The molecule has 1 amide bonds. The van der Waals surface area contributed by atoms with Crippen LogP contribution < -0.4 is 19.5 Å². The Bertz CT molecular complexity index is 716. The molecule has 0 unspecified atom stereocenters. The lowest BCUT2D eigenvalue weighted by Gasteiger charge is -2.17. The first-order valence-corrected chi connectivity index (χ1v) is 7.78. The molecule has 1 atom stereocenters. The SMILES string of the molecule is COc1cc(NC(=O)[C@H](C)Oc2ccc(C)cc2)c(OC)cc1Cl. The van der Waals surface area contributed by atoms with Crippen molar-refractivity contribution in [3.05, 3.63) is 47.0 Å². The molecule has 0 spiro atoms. The van der Waals surface area contributed by atoms with Gasteiger partial charge in [0.2, 0.25) is 0 Å². The smallest absolute Gasteiger partial charge is 0.265 e. The van der Waals surface area contributed by atoms with Gasteiger partial charge < -0.3 is 19.5 Å². The van der Waals surface area contributed by atoms with E-state index in [1.807, 2.05) is 31.2 Å². The molecule has 2 aromatic carbocycles. The molecule has 0 radical (unpaired) electrons. The van der Waals surface area contributed by atoms with E-state index >= 15 is 0 Å². The van der Waals surface area contributed by atoms with Gasteiger partial charge in [0.1, 0.15) is 17.2 Å². The number of carbonyl (C=O) groups is 1. The second-order valence-electron chi connectivity index (χ2n) is 5.25. The Balaban J connectivity index is 2.12. The monoisotopic (exact) mass is 349 g/mol. The lowest BCUT2D eigenvalue weighted by molar-refractivity contribution is -0.122. The molecule has 0 aromatic heterocycles. The summed E-state index contributed by atoms with van der Waals surface area (Å²) in [6.07, 6.45) is -0.681. The van der Waals surface area contributed by atoms with E-state index in [0.29, 0.717) is 28.0 Å². The Morgan fingerprint density at radius 2 is 1.71 bits per heavy atom. The maximum absolute atomic E-state index is 12.4. The summed E-state index contributed by atoms with van der Waals surface area (Å²) >= 11 is 6.06. The minimum atomic E-state index is -0.681. The van der Waals surface area contributed by atoms with Crippen molar-refractivity contribution >= 4 is 23.2 Å². The first kappa shape index (κ1) is 17.9. The molecular weight excluding hydrogens is 330 g/mol. The summed E-state index contributed by atoms with van der Waals surface area (Å²) in [5.74, 6) is 1.21. The van der Waals surface area contributed by atoms with E-state index in [1.165, 1.54) is 14.2 Å². The third-order valence-electron chi connectivity index (χ3n) is 3.43. The molecule has 0 aliphatic carbocycles. The second kappa shape index (κ2) is 7.93. The Hall–Kier alpha value is -2.40. The molecule has 2 rings (SSSR count). The number of aryl methyl sites for hydroxylation is 1. The zero-order valence-electron chi connectivity index (χ0n) is 14.1. The number of methoxy groups -OCH3 is 2. The number of nitrogens with one attached hydrogen (secondary N) is 1.